The van der Waals surface area contributed by atoms with Crippen molar-refractivity contribution in [3.8, 4) is 5.75 Å². The lowest BCUT2D eigenvalue weighted by molar-refractivity contribution is -0.135. The van der Waals surface area contributed by atoms with Crippen LogP contribution in [-0.4, -0.2) is 35.9 Å². The average Bonchev–Trinajstić information content (AvgIpc) is 2.49. The normalized spacial score (nSPS) is 14.8. The third-order valence-electron chi connectivity index (χ3n) is 3.54. The molecule has 1 aliphatic heterocycles. The van der Waals surface area contributed by atoms with Gasteiger partial charge < -0.3 is 15.0 Å². The first-order chi connectivity index (χ1) is 10.6. The number of benzene rings is 1. The first-order valence-corrected chi connectivity index (χ1v) is 7.89. The van der Waals surface area contributed by atoms with Gasteiger partial charge in [-0.2, -0.15) is 0 Å². The Balaban J connectivity index is 1.92. The Kier molecular flexibility index (Phi) is 5.81. The van der Waals surface area contributed by atoms with Crippen LogP contribution < -0.4 is 10.1 Å². The van der Waals surface area contributed by atoms with Gasteiger partial charge in [0.05, 0.1) is 11.8 Å². The maximum atomic E-state index is 12.1. The maximum Gasteiger partial charge on any atom is 0.233 e. The van der Waals surface area contributed by atoms with Crippen LogP contribution in [0.4, 0.5) is 5.69 Å². The van der Waals surface area contributed by atoms with Gasteiger partial charge in [-0.15, -0.1) is 0 Å². The second-order valence-electron chi connectivity index (χ2n) is 5.83. The van der Waals surface area contributed by atoms with Crippen LogP contribution in [-0.2, 0) is 9.59 Å². The first-order valence-electron chi connectivity index (χ1n) is 7.89. The number of amides is 2. The summed E-state index contributed by atoms with van der Waals surface area (Å²) < 4.78 is 5.66. The molecule has 0 atom stereocenters. The molecule has 22 heavy (non-hydrogen) atoms. The number of ether oxygens (including phenoxy) is 1. The van der Waals surface area contributed by atoms with E-state index in [1.807, 2.05) is 32.0 Å². The van der Waals surface area contributed by atoms with Gasteiger partial charge in [0.25, 0.3) is 0 Å². The third kappa shape index (κ3) is 4.76. The van der Waals surface area contributed by atoms with Crippen LogP contribution in [0.15, 0.2) is 24.3 Å². The van der Waals surface area contributed by atoms with Gasteiger partial charge in [-0.3, -0.25) is 9.59 Å². The highest BCUT2D eigenvalue weighted by atomic mass is 16.5. The smallest absolute Gasteiger partial charge is 0.233 e. The molecule has 1 N–H and O–H groups in total. The lowest BCUT2D eigenvalue weighted by atomic mass is 10.1. The Hall–Kier alpha value is -2.04. The summed E-state index contributed by atoms with van der Waals surface area (Å²) in [6.07, 6.45) is 3.12. The van der Waals surface area contributed by atoms with E-state index in [0.29, 0.717) is 11.4 Å². The van der Waals surface area contributed by atoms with E-state index in [-0.39, 0.29) is 24.3 Å². The van der Waals surface area contributed by atoms with Gasteiger partial charge in [0, 0.05) is 13.1 Å². The molecule has 0 aromatic heterocycles. The van der Waals surface area contributed by atoms with Crippen LogP contribution in [0.1, 0.15) is 39.5 Å². The van der Waals surface area contributed by atoms with Gasteiger partial charge in [-0.1, -0.05) is 12.1 Å². The zero-order valence-electron chi connectivity index (χ0n) is 13.3. The second kappa shape index (κ2) is 7.82. The number of nitrogens with zero attached hydrogens (tertiary/aromatic N) is 1. The molecule has 0 radical (unpaired) electrons. The first kappa shape index (κ1) is 16.3. The highest BCUT2D eigenvalue weighted by Gasteiger charge is 2.19. The van der Waals surface area contributed by atoms with Crippen LogP contribution in [0.2, 0.25) is 0 Å². The van der Waals surface area contributed by atoms with E-state index in [1.165, 1.54) is 0 Å². The lowest BCUT2D eigenvalue weighted by Gasteiger charge is -2.26. The molecule has 0 saturated carbocycles. The molecule has 0 bridgehead atoms. The van der Waals surface area contributed by atoms with Gasteiger partial charge in [0.1, 0.15) is 12.2 Å². The fourth-order valence-corrected chi connectivity index (χ4v) is 2.51. The molecule has 120 valence electrons. The minimum absolute atomic E-state index is 0.0213. The maximum absolute atomic E-state index is 12.1. The van der Waals surface area contributed by atoms with E-state index in [0.717, 1.165) is 32.4 Å². The van der Waals surface area contributed by atoms with E-state index >= 15 is 0 Å². The van der Waals surface area contributed by atoms with E-state index in [1.54, 1.807) is 11.0 Å². The van der Waals surface area contributed by atoms with Crippen molar-refractivity contribution in [2.45, 2.75) is 45.6 Å². The molecule has 1 saturated heterocycles. The minimum atomic E-state index is -0.296. The summed E-state index contributed by atoms with van der Waals surface area (Å²) in [5.74, 6) is 0.228. The summed E-state index contributed by atoms with van der Waals surface area (Å²) >= 11 is 0. The topological polar surface area (TPSA) is 58.6 Å². The summed E-state index contributed by atoms with van der Waals surface area (Å²) in [7, 11) is 0. The summed E-state index contributed by atoms with van der Waals surface area (Å²) in [5.41, 5.74) is 0.604. The molecule has 2 amide bonds. The number of hydrogen-bond donors (Lipinski definition) is 1. The van der Waals surface area contributed by atoms with Crippen LogP contribution in [0.25, 0.3) is 0 Å². The van der Waals surface area contributed by atoms with E-state index in [9.17, 15) is 9.59 Å². The predicted molar refractivity (Wildman–Crippen MR) is 85.9 cm³/mol. The summed E-state index contributed by atoms with van der Waals surface area (Å²) in [4.78, 5) is 26.0. The molecule has 0 unspecified atom stereocenters. The summed E-state index contributed by atoms with van der Waals surface area (Å²) in [6, 6.07) is 7.27. The van der Waals surface area contributed by atoms with Crippen LogP contribution >= 0.6 is 0 Å². The Bertz CT molecular complexity index is 522. The van der Waals surface area contributed by atoms with Crippen molar-refractivity contribution in [2.24, 2.45) is 0 Å². The highest BCUT2D eigenvalue weighted by Crippen LogP contribution is 2.25. The van der Waals surface area contributed by atoms with Gasteiger partial charge in [0.15, 0.2) is 0 Å². The van der Waals surface area contributed by atoms with Crippen molar-refractivity contribution in [1.82, 2.24) is 4.90 Å². The monoisotopic (exact) mass is 304 g/mol. The summed E-state index contributed by atoms with van der Waals surface area (Å²) in [6.45, 7) is 5.38. The van der Waals surface area contributed by atoms with E-state index < -0.39 is 0 Å². The number of para-hydroxylation sites is 2. The molecule has 1 aromatic rings. The number of hydrogen-bond acceptors (Lipinski definition) is 3. The number of rotatable bonds is 5. The number of anilines is 1. The molecule has 0 aliphatic carbocycles. The third-order valence-corrected chi connectivity index (χ3v) is 3.54. The largest absolute Gasteiger partial charge is 0.489 e. The van der Waals surface area contributed by atoms with Crippen LogP contribution in [0.5, 0.6) is 5.75 Å². The average molecular weight is 304 g/mol. The zero-order chi connectivity index (χ0) is 15.9. The van der Waals surface area contributed by atoms with Gasteiger partial charge in [-0.05, 0) is 45.2 Å². The molecule has 0 spiro atoms. The highest BCUT2D eigenvalue weighted by molar-refractivity contribution is 6.04. The van der Waals surface area contributed by atoms with Crippen molar-refractivity contribution in [2.75, 3.05) is 18.4 Å². The fourth-order valence-electron chi connectivity index (χ4n) is 2.51. The standard InChI is InChI=1S/C17H24N2O3/c1-13(2)22-15-9-5-4-8-14(15)18-16(20)12-17(21)19-10-6-3-7-11-19/h4-5,8-9,13H,3,6-7,10-12H2,1-2H3,(H,18,20). The molecule has 1 fully saturated rings. The van der Waals surface area contributed by atoms with Crippen molar-refractivity contribution in [3.63, 3.8) is 0 Å². The predicted octanol–water partition coefficient (Wildman–Crippen LogP) is 2.81. The molecular formula is C17H24N2O3. The van der Waals surface area contributed by atoms with Gasteiger partial charge in [0.2, 0.25) is 11.8 Å². The number of likely N-dealkylation sites (tertiary alicyclic amines) is 1. The van der Waals surface area contributed by atoms with E-state index in [4.69, 9.17) is 4.74 Å². The lowest BCUT2D eigenvalue weighted by Crippen LogP contribution is -2.37. The fraction of sp³-hybridized carbons (Fsp3) is 0.529. The van der Waals surface area contributed by atoms with Crippen molar-refractivity contribution < 1.29 is 14.3 Å². The Morgan fingerprint density at radius 3 is 2.55 bits per heavy atom. The number of piperidine rings is 1. The second-order valence-corrected chi connectivity index (χ2v) is 5.83. The molecular weight excluding hydrogens is 280 g/mol. The minimum Gasteiger partial charge on any atom is -0.489 e. The van der Waals surface area contributed by atoms with E-state index in [2.05, 4.69) is 5.32 Å². The van der Waals surface area contributed by atoms with Gasteiger partial charge >= 0.3 is 0 Å². The van der Waals surface area contributed by atoms with Crippen LogP contribution in [0, 0.1) is 0 Å². The quantitative estimate of drug-likeness (QED) is 0.851. The molecule has 1 heterocycles. The molecule has 1 aromatic carbocycles. The Labute approximate surface area is 131 Å². The Morgan fingerprint density at radius 2 is 1.86 bits per heavy atom. The van der Waals surface area contributed by atoms with Crippen molar-refractivity contribution in [3.05, 3.63) is 24.3 Å². The van der Waals surface area contributed by atoms with Crippen molar-refractivity contribution in [1.29, 1.82) is 0 Å². The number of carbonyl (C=O) groups excluding carboxylic acids is 2. The number of nitrogens with one attached hydrogen (secondary N) is 1. The molecule has 5 heteroatoms. The Morgan fingerprint density at radius 1 is 1.18 bits per heavy atom. The van der Waals surface area contributed by atoms with Gasteiger partial charge in [-0.25, -0.2) is 0 Å². The number of carbonyl (C=O) groups is 2. The molecule has 1 aliphatic rings. The zero-order valence-corrected chi connectivity index (χ0v) is 13.3. The molecule has 5 nitrogen and oxygen atoms in total. The van der Waals surface area contributed by atoms with Crippen LogP contribution in [0.3, 0.4) is 0 Å². The molecule has 2 rings (SSSR count). The summed E-state index contributed by atoms with van der Waals surface area (Å²) in [5, 5.41) is 2.77. The van der Waals surface area contributed by atoms with Crippen molar-refractivity contribution >= 4 is 17.5 Å². The SMILES string of the molecule is CC(C)Oc1ccccc1NC(=O)CC(=O)N1CCCCC1.